The van der Waals surface area contributed by atoms with Crippen LogP contribution in [-0.2, 0) is 0 Å². The number of aromatic amines is 1. The Morgan fingerprint density at radius 2 is 1.69 bits per heavy atom. The Labute approximate surface area is 154 Å². The second-order valence-electron chi connectivity index (χ2n) is 5.58. The van der Waals surface area contributed by atoms with Gasteiger partial charge in [0, 0.05) is 5.56 Å². The first-order chi connectivity index (χ1) is 12.7. The Kier molecular flexibility index (Phi) is 4.10. The molecular formula is C19H15ClN4O2. The number of nitrogens with zero attached hydrogens (tertiary/aromatic N) is 2. The summed E-state index contributed by atoms with van der Waals surface area (Å²) >= 11 is 6.26. The molecule has 0 aliphatic rings. The summed E-state index contributed by atoms with van der Waals surface area (Å²) in [4.78, 5) is 4.45. The molecule has 0 fully saturated rings. The lowest BCUT2D eigenvalue weighted by Crippen LogP contribution is -1.94. The maximum atomic E-state index is 6.26. The standard InChI is InChI=1S/C19H15ClN4O2/c1-25-17-16-14(19(21)24-23-16)15(22-18(17)20)11-7-9-13(10-8-11)26-12-5-3-2-4-6-12/h2-10H,1H3,(H3,21,23,24). The Morgan fingerprint density at radius 1 is 1.00 bits per heavy atom. The molecule has 0 saturated carbocycles. The van der Waals surface area contributed by atoms with Crippen molar-refractivity contribution in [1.82, 2.24) is 15.2 Å². The maximum Gasteiger partial charge on any atom is 0.182 e. The molecule has 3 N–H and O–H groups in total. The van der Waals surface area contributed by atoms with Gasteiger partial charge in [-0.25, -0.2) is 4.98 Å². The predicted octanol–water partition coefficient (Wildman–Crippen LogP) is 4.66. The average Bonchev–Trinajstić information content (AvgIpc) is 3.04. The zero-order valence-corrected chi connectivity index (χ0v) is 14.6. The minimum Gasteiger partial charge on any atom is -0.491 e. The van der Waals surface area contributed by atoms with Crippen LogP contribution in [0.5, 0.6) is 17.2 Å². The largest absolute Gasteiger partial charge is 0.491 e. The maximum absolute atomic E-state index is 6.26. The van der Waals surface area contributed by atoms with Gasteiger partial charge in [-0.3, -0.25) is 5.10 Å². The van der Waals surface area contributed by atoms with E-state index in [0.717, 1.165) is 17.1 Å². The third-order valence-corrected chi connectivity index (χ3v) is 4.22. The van der Waals surface area contributed by atoms with Gasteiger partial charge >= 0.3 is 0 Å². The molecule has 7 heteroatoms. The van der Waals surface area contributed by atoms with Crippen LogP contribution in [0.15, 0.2) is 54.6 Å². The van der Waals surface area contributed by atoms with Gasteiger partial charge in [0.2, 0.25) is 0 Å². The minimum atomic E-state index is 0.239. The predicted molar refractivity (Wildman–Crippen MR) is 102 cm³/mol. The van der Waals surface area contributed by atoms with Gasteiger partial charge in [-0.05, 0) is 36.4 Å². The van der Waals surface area contributed by atoms with Crippen molar-refractivity contribution < 1.29 is 9.47 Å². The van der Waals surface area contributed by atoms with Gasteiger partial charge < -0.3 is 15.2 Å². The molecule has 0 saturated heterocycles. The quantitative estimate of drug-likeness (QED) is 0.513. The number of anilines is 1. The first-order valence-electron chi connectivity index (χ1n) is 7.87. The molecule has 0 atom stereocenters. The van der Waals surface area contributed by atoms with Crippen molar-refractivity contribution in [3.8, 4) is 28.5 Å². The molecule has 6 nitrogen and oxygen atoms in total. The first kappa shape index (κ1) is 16.2. The van der Waals surface area contributed by atoms with Crippen LogP contribution in [0, 0.1) is 0 Å². The number of hydrogen-bond acceptors (Lipinski definition) is 5. The number of benzene rings is 2. The lowest BCUT2D eigenvalue weighted by atomic mass is 10.1. The van der Waals surface area contributed by atoms with Gasteiger partial charge in [0.15, 0.2) is 16.7 Å². The van der Waals surface area contributed by atoms with Crippen LogP contribution in [-0.4, -0.2) is 22.3 Å². The van der Waals surface area contributed by atoms with E-state index >= 15 is 0 Å². The van der Waals surface area contributed by atoms with Crippen LogP contribution in [0.1, 0.15) is 0 Å². The van der Waals surface area contributed by atoms with Crippen molar-refractivity contribution in [1.29, 1.82) is 0 Å². The molecule has 4 rings (SSSR count). The smallest absolute Gasteiger partial charge is 0.182 e. The van der Waals surface area contributed by atoms with Crippen molar-refractivity contribution in [2.75, 3.05) is 12.8 Å². The van der Waals surface area contributed by atoms with Crippen molar-refractivity contribution in [3.63, 3.8) is 0 Å². The lowest BCUT2D eigenvalue weighted by molar-refractivity contribution is 0.417. The van der Waals surface area contributed by atoms with Crippen molar-refractivity contribution in [2.45, 2.75) is 0 Å². The summed E-state index contributed by atoms with van der Waals surface area (Å²) in [5, 5.41) is 7.82. The van der Waals surface area contributed by atoms with E-state index in [2.05, 4.69) is 15.2 Å². The normalized spacial score (nSPS) is 10.8. The Hall–Kier alpha value is -3.25. The van der Waals surface area contributed by atoms with Gasteiger partial charge in [0.1, 0.15) is 17.0 Å². The summed E-state index contributed by atoms with van der Waals surface area (Å²) in [6.07, 6.45) is 0. The summed E-state index contributed by atoms with van der Waals surface area (Å²) in [7, 11) is 1.52. The van der Waals surface area contributed by atoms with Crippen LogP contribution >= 0.6 is 11.6 Å². The molecule has 0 aliphatic carbocycles. The van der Waals surface area contributed by atoms with Gasteiger partial charge in [-0.2, -0.15) is 5.10 Å². The lowest BCUT2D eigenvalue weighted by Gasteiger charge is -2.10. The van der Waals surface area contributed by atoms with E-state index in [1.165, 1.54) is 7.11 Å². The van der Waals surface area contributed by atoms with Crippen molar-refractivity contribution in [3.05, 3.63) is 59.8 Å². The highest BCUT2D eigenvalue weighted by Crippen LogP contribution is 2.39. The molecule has 26 heavy (non-hydrogen) atoms. The number of nitrogens with one attached hydrogen (secondary N) is 1. The SMILES string of the molecule is COc1c(Cl)nc(-c2ccc(Oc3ccccc3)cc2)c2c(N)n[nH]c12. The highest BCUT2D eigenvalue weighted by atomic mass is 35.5. The van der Waals surface area contributed by atoms with E-state index in [1.54, 1.807) is 0 Å². The zero-order chi connectivity index (χ0) is 18.1. The topological polar surface area (TPSA) is 86.1 Å². The van der Waals surface area contributed by atoms with Crippen LogP contribution in [0.4, 0.5) is 5.82 Å². The molecule has 0 aliphatic heterocycles. The van der Waals surface area contributed by atoms with E-state index in [9.17, 15) is 0 Å². The Balaban J connectivity index is 1.75. The van der Waals surface area contributed by atoms with E-state index in [0.29, 0.717) is 28.2 Å². The molecule has 130 valence electrons. The van der Waals surface area contributed by atoms with Crippen LogP contribution < -0.4 is 15.2 Å². The molecular weight excluding hydrogens is 352 g/mol. The molecule has 4 aromatic rings. The fraction of sp³-hybridized carbons (Fsp3) is 0.0526. The number of H-pyrrole nitrogens is 1. The van der Waals surface area contributed by atoms with Crippen molar-refractivity contribution >= 4 is 28.3 Å². The number of methoxy groups -OCH3 is 1. The van der Waals surface area contributed by atoms with E-state index in [4.69, 9.17) is 26.8 Å². The number of pyridine rings is 1. The Bertz CT molecular complexity index is 1060. The Morgan fingerprint density at radius 3 is 2.38 bits per heavy atom. The molecule has 2 aromatic carbocycles. The van der Waals surface area contributed by atoms with Gasteiger partial charge in [-0.15, -0.1) is 0 Å². The number of aromatic nitrogens is 3. The number of para-hydroxylation sites is 1. The summed E-state index contributed by atoms with van der Waals surface area (Å²) in [6, 6.07) is 17.1. The highest BCUT2D eigenvalue weighted by molar-refractivity contribution is 6.32. The van der Waals surface area contributed by atoms with E-state index in [1.807, 2.05) is 54.6 Å². The number of nitrogen functional groups attached to an aromatic ring is 1. The van der Waals surface area contributed by atoms with Gasteiger partial charge in [-0.1, -0.05) is 29.8 Å². The number of ether oxygens (including phenoxy) is 2. The van der Waals surface area contributed by atoms with E-state index in [-0.39, 0.29) is 5.15 Å². The molecule has 2 aromatic heterocycles. The van der Waals surface area contributed by atoms with Gasteiger partial charge in [0.05, 0.1) is 18.2 Å². The first-order valence-corrected chi connectivity index (χ1v) is 8.25. The summed E-state index contributed by atoms with van der Waals surface area (Å²) in [5.41, 5.74) is 8.10. The van der Waals surface area contributed by atoms with Crippen LogP contribution in [0.25, 0.3) is 22.2 Å². The third-order valence-electron chi connectivity index (χ3n) is 3.97. The summed E-state index contributed by atoms with van der Waals surface area (Å²) in [5.74, 6) is 2.24. The number of hydrogen-bond donors (Lipinski definition) is 2. The highest BCUT2D eigenvalue weighted by Gasteiger charge is 2.19. The molecule has 0 amide bonds. The second-order valence-corrected chi connectivity index (χ2v) is 5.94. The summed E-state index contributed by atoms with van der Waals surface area (Å²) in [6.45, 7) is 0. The average molecular weight is 367 g/mol. The number of fused-ring (bicyclic) bond motifs is 1. The molecule has 0 bridgehead atoms. The molecule has 2 heterocycles. The summed E-state index contributed by atoms with van der Waals surface area (Å²) < 4.78 is 11.1. The fourth-order valence-electron chi connectivity index (χ4n) is 2.77. The zero-order valence-electron chi connectivity index (χ0n) is 13.9. The second kappa shape index (κ2) is 6.57. The van der Waals surface area contributed by atoms with Crippen LogP contribution in [0.3, 0.4) is 0 Å². The monoisotopic (exact) mass is 366 g/mol. The number of nitrogens with two attached hydrogens (primary N) is 1. The number of rotatable bonds is 4. The third kappa shape index (κ3) is 2.80. The van der Waals surface area contributed by atoms with Crippen molar-refractivity contribution in [2.24, 2.45) is 0 Å². The molecule has 0 spiro atoms. The number of halogens is 1. The minimum absolute atomic E-state index is 0.239. The van der Waals surface area contributed by atoms with Crippen LogP contribution in [0.2, 0.25) is 5.15 Å². The van der Waals surface area contributed by atoms with Gasteiger partial charge in [0.25, 0.3) is 0 Å². The molecule has 0 radical (unpaired) electrons. The van der Waals surface area contributed by atoms with E-state index < -0.39 is 0 Å². The fourth-order valence-corrected chi connectivity index (χ4v) is 3.02. The molecule has 0 unspecified atom stereocenters.